The maximum Gasteiger partial charge on any atom is 0.325 e. The predicted octanol–water partition coefficient (Wildman–Crippen LogP) is 5.87. The number of benzene rings is 3. The van der Waals surface area contributed by atoms with Crippen LogP contribution in [0.1, 0.15) is 51.5 Å². The summed E-state index contributed by atoms with van der Waals surface area (Å²) in [6.07, 6.45) is 3.00. The van der Waals surface area contributed by atoms with E-state index in [-0.39, 0.29) is 5.91 Å². The van der Waals surface area contributed by atoms with Gasteiger partial charge in [-0.25, -0.2) is 14.7 Å². The fraction of sp³-hybridized carbons (Fsp3) is 0.258. The van der Waals surface area contributed by atoms with Gasteiger partial charge in [0.25, 0.3) is 5.91 Å². The molecular weight excluding hydrogens is 522 g/mol. The number of rotatable bonds is 11. The number of anilines is 2. The van der Waals surface area contributed by atoms with Crippen LogP contribution in [0.3, 0.4) is 0 Å². The van der Waals surface area contributed by atoms with Crippen molar-refractivity contribution in [2.24, 2.45) is 11.5 Å². The van der Waals surface area contributed by atoms with Gasteiger partial charge in [0.2, 0.25) is 0 Å². The second kappa shape index (κ2) is 12.3. The molecule has 1 aromatic heterocycles. The molecule has 0 spiro atoms. The number of nitrogens with zero attached hydrogens (tertiary/aromatic N) is 2. The van der Waals surface area contributed by atoms with Gasteiger partial charge in [0.15, 0.2) is 5.13 Å². The van der Waals surface area contributed by atoms with Gasteiger partial charge >= 0.3 is 6.03 Å². The van der Waals surface area contributed by atoms with Crippen LogP contribution in [0.25, 0.3) is 11.3 Å². The SMILES string of the molecule is Cc1ccc(C2CC2)cc1N(C(N)=O)c1nc(-c2cccc(OCCCN)c2)c(C(=O)NCc2ccccc2)s1. The summed E-state index contributed by atoms with van der Waals surface area (Å²) < 4.78 is 5.84. The summed E-state index contributed by atoms with van der Waals surface area (Å²) >= 11 is 1.14. The van der Waals surface area contributed by atoms with Crippen molar-refractivity contribution in [1.82, 2.24) is 10.3 Å². The van der Waals surface area contributed by atoms with E-state index in [1.165, 1.54) is 10.5 Å². The van der Waals surface area contributed by atoms with Gasteiger partial charge in [-0.3, -0.25) is 4.79 Å². The van der Waals surface area contributed by atoms with Crippen molar-refractivity contribution < 1.29 is 14.3 Å². The van der Waals surface area contributed by atoms with Gasteiger partial charge in [0.1, 0.15) is 10.6 Å². The molecule has 5 N–H and O–H groups in total. The number of hydrogen-bond donors (Lipinski definition) is 3. The number of primary amides is 1. The summed E-state index contributed by atoms with van der Waals surface area (Å²) in [4.78, 5) is 33.0. The van der Waals surface area contributed by atoms with Gasteiger partial charge in [-0.15, -0.1) is 0 Å². The average Bonchev–Trinajstić information content (AvgIpc) is 3.72. The topological polar surface area (TPSA) is 124 Å². The number of aryl methyl sites for hydroxylation is 1. The molecule has 0 bridgehead atoms. The number of carbonyl (C=O) groups excluding carboxylic acids is 2. The van der Waals surface area contributed by atoms with Crippen LogP contribution >= 0.6 is 11.3 Å². The molecule has 3 amide bonds. The minimum atomic E-state index is -0.661. The molecular formula is C31H33N5O3S. The van der Waals surface area contributed by atoms with E-state index in [2.05, 4.69) is 11.4 Å². The molecule has 8 nitrogen and oxygen atoms in total. The first-order chi connectivity index (χ1) is 19.4. The molecule has 1 heterocycles. The average molecular weight is 556 g/mol. The molecule has 0 unspecified atom stereocenters. The normalized spacial score (nSPS) is 12.7. The zero-order chi connectivity index (χ0) is 28.1. The van der Waals surface area contributed by atoms with E-state index >= 15 is 0 Å². The highest BCUT2D eigenvalue weighted by molar-refractivity contribution is 7.18. The Morgan fingerprint density at radius 2 is 1.88 bits per heavy atom. The number of amides is 3. The summed E-state index contributed by atoms with van der Waals surface area (Å²) in [5, 5.41) is 3.33. The maximum atomic E-state index is 13.5. The second-order valence-electron chi connectivity index (χ2n) is 9.85. The van der Waals surface area contributed by atoms with E-state index in [0.29, 0.717) is 58.3 Å². The number of nitrogens with two attached hydrogens (primary N) is 2. The van der Waals surface area contributed by atoms with Crippen LogP contribution < -0.4 is 26.4 Å². The summed E-state index contributed by atoms with van der Waals surface area (Å²) in [6.45, 7) is 3.31. The van der Waals surface area contributed by atoms with E-state index in [1.54, 1.807) is 0 Å². The van der Waals surface area contributed by atoms with Crippen molar-refractivity contribution in [3.63, 3.8) is 0 Å². The zero-order valence-electron chi connectivity index (χ0n) is 22.4. The highest BCUT2D eigenvalue weighted by Crippen LogP contribution is 2.43. The number of carbonyl (C=O) groups is 2. The Bertz CT molecular complexity index is 1500. The third-order valence-electron chi connectivity index (χ3n) is 6.78. The van der Waals surface area contributed by atoms with Crippen LogP contribution in [0.2, 0.25) is 0 Å². The molecule has 0 aliphatic heterocycles. The molecule has 1 saturated carbocycles. The Labute approximate surface area is 238 Å². The molecule has 40 heavy (non-hydrogen) atoms. The van der Waals surface area contributed by atoms with Gasteiger partial charge < -0.3 is 21.5 Å². The quantitative estimate of drug-likeness (QED) is 0.200. The Morgan fingerprint density at radius 1 is 1.07 bits per heavy atom. The van der Waals surface area contributed by atoms with Crippen molar-refractivity contribution in [3.8, 4) is 17.0 Å². The third-order valence-corrected chi connectivity index (χ3v) is 7.82. The molecule has 206 valence electrons. The van der Waals surface area contributed by atoms with Crippen molar-refractivity contribution in [2.75, 3.05) is 18.1 Å². The van der Waals surface area contributed by atoms with Gasteiger partial charge in [0.05, 0.1) is 18.0 Å². The van der Waals surface area contributed by atoms with Crippen LogP contribution in [0, 0.1) is 6.92 Å². The molecule has 4 aromatic rings. The molecule has 5 rings (SSSR count). The van der Waals surface area contributed by atoms with Crippen LogP contribution in [0.5, 0.6) is 5.75 Å². The van der Waals surface area contributed by atoms with Gasteiger partial charge in [-0.05, 0) is 73.5 Å². The first kappa shape index (κ1) is 27.4. The lowest BCUT2D eigenvalue weighted by Gasteiger charge is -2.20. The lowest BCUT2D eigenvalue weighted by molar-refractivity contribution is 0.0955. The Hall–Kier alpha value is -4.21. The van der Waals surface area contributed by atoms with Crippen LogP contribution in [-0.2, 0) is 6.54 Å². The first-order valence-corrected chi connectivity index (χ1v) is 14.2. The molecule has 9 heteroatoms. The number of ether oxygens (including phenoxy) is 1. The lowest BCUT2D eigenvalue weighted by Crippen LogP contribution is -2.32. The first-order valence-electron chi connectivity index (χ1n) is 13.4. The monoisotopic (exact) mass is 555 g/mol. The van der Waals surface area contributed by atoms with E-state index < -0.39 is 6.03 Å². The van der Waals surface area contributed by atoms with Crippen LogP contribution in [0.15, 0.2) is 72.8 Å². The lowest BCUT2D eigenvalue weighted by atomic mass is 10.1. The van der Waals surface area contributed by atoms with E-state index in [1.807, 2.05) is 73.7 Å². The molecule has 3 aromatic carbocycles. The number of aromatic nitrogens is 1. The van der Waals surface area contributed by atoms with Crippen molar-refractivity contribution in [1.29, 1.82) is 0 Å². The minimum Gasteiger partial charge on any atom is -0.494 e. The predicted molar refractivity (Wildman–Crippen MR) is 159 cm³/mol. The fourth-order valence-electron chi connectivity index (χ4n) is 4.47. The molecule has 1 aliphatic rings. The van der Waals surface area contributed by atoms with Gasteiger partial charge in [-0.1, -0.05) is 65.9 Å². The van der Waals surface area contributed by atoms with Gasteiger partial charge in [-0.2, -0.15) is 0 Å². The fourth-order valence-corrected chi connectivity index (χ4v) is 5.50. The minimum absolute atomic E-state index is 0.287. The van der Waals surface area contributed by atoms with Crippen LogP contribution in [-0.4, -0.2) is 30.1 Å². The summed E-state index contributed by atoms with van der Waals surface area (Å²) in [7, 11) is 0. The molecule has 0 atom stereocenters. The maximum absolute atomic E-state index is 13.5. The second-order valence-corrected chi connectivity index (χ2v) is 10.8. The molecule has 0 saturated heterocycles. The molecule has 1 aliphatic carbocycles. The Balaban J connectivity index is 1.54. The standard InChI is InChI=1S/C31H33N5O3S/c1-20-11-12-23(22-13-14-22)18-26(20)36(30(33)38)31-35-27(24-9-5-10-25(17-24)39-16-6-15-32)28(40-31)29(37)34-19-21-7-3-2-4-8-21/h2-5,7-12,17-18,22H,6,13-16,19,32H2,1H3,(H2,33,38)(H,34,37). The van der Waals surface area contributed by atoms with Gasteiger partial charge in [0, 0.05) is 12.1 Å². The van der Waals surface area contributed by atoms with E-state index in [9.17, 15) is 9.59 Å². The zero-order valence-corrected chi connectivity index (χ0v) is 23.2. The highest BCUT2D eigenvalue weighted by Gasteiger charge is 2.29. The van der Waals surface area contributed by atoms with Crippen molar-refractivity contribution in [2.45, 2.75) is 38.6 Å². The smallest absolute Gasteiger partial charge is 0.325 e. The third kappa shape index (κ3) is 6.32. The number of nitrogens with one attached hydrogen (secondary N) is 1. The number of hydrogen-bond acceptors (Lipinski definition) is 6. The highest BCUT2D eigenvalue weighted by atomic mass is 32.1. The van der Waals surface area contributed by atoms with E-state index in [4.69, 9.17) is 21.2 Å². The summed E-state index contributed by atoms with van der Waals surface area (Å²) in [5.74, 6) is 0.864. The Morgan fingerprint density at radius 3 is 2.60 bits per heavy atom. The van der Waals surface area contributed by atoms with E-state index in [0.717, 1.165) is 41.7 Å². The number of urea groups is 1. The number of thiazole rings is 1. The Kier molecular flexibility index (Phi) is 8.42. The van der Waals surface area contributed by atoms with Crippen molar-refractivity contribution in [3.05, 3.63) is 94.4 Å². The van der Waals surface area contributed by atoms with Crippen LogP contribution in [0.4, 0.5) is 15.6 Å². The molecule has 1 fully saturated rings. The summed E-state index contributed by atoms with van der Waals surface area (Å²) in [5.41, 5.74) is 16.4. The largest absolute Gasteiger partial charge is 0.494 e. The summed E-state index contributed by atoms with van der Waals surface area (Å²) in [6, 6.07) is 22.6. The van der Waals surface area contributed by atoms with Crippen molar-refractivity contribution >= 4 is 34.1 Å². The molecule has 0 radical (unpaired) electrons.